The van der Waals surface area contributed by atoms with E-state index in [4.69, 9.17) is 10.8 Å². The number of hydrogen-bond acceptors (Lipinski definition) is 6. The predicted molar refractivity (Wildman–Crippen MR) is 76.4 cm³/mol. The lowest BCUT2D eigenvalue weighted by molar-refractivity contribution is -0.143. The zero-order chi connectivity index (χ0) is 15.1. The molecule has 2 amide bonds. The van der Waals surface area contributed by atoms with Crippen LogP contribution in [0.3, 0.4) is 0 Å². The Morgan fingerprint density at radius 2 is 2.25 bits per heavy atom. The maximum absolute atomic E-state index is 11.6. The van der Waals surface area contributed by atoms with E-state index in [1.165, 1.54) is 23.1 Å². The molecule has 9 heteroatoms. The lowest BCUT2D eigenvalue weighted by atomic mass is 10.2. The first-order chi connectivity index (χ1) is 9.38. The SMILES string of the molecule is Cc1nc(CSCC(=O)N[C@H](CC(N)=O)C(=O)O)cs1. The summed E-state index contributed by atoms with van der Waals surface area (Å²) < 4.78 is 0. The molecule has 0 fully saturated rings. The number of carbonyl (C=O) groups excluding carboxylic acids is 2. The zero-order valence-electron chi connectivity index (χ0n) is 10.8. The Hall–Kier alpha value is -1.61. The summed E-state index contributed by atoms with van der Waals surface area (Å²) in [5.74, 6) is -1.83. The van der Waals surface area contributed by atoms with E-state index in [0.29, 0.717) is 5.75 Å². The summed E-state index contributed by atoms with van der Waals surface area (Å²) in [7, 11) is 0. The number of aliphatic carboxylic acids is 1. The minimum atomic E-state index is -1.28. The fourth-order valence-corrected chi connectivity index (χ4v) is 2.81. The van der Waals surface area contributed by atoms with Gasteiger partial charge in [0.05, 0.1) is 22.9 Å². The van der Waals surface area contributed by atoms with Gasteiger partial charge in [-0.25, -0.2) is 9.78 Å². The molecule has 1 rings (SSSR count). The van der Waals surface area contributed by atoms with Gasteiger partial charge in [-0.05, 0) is 6.92 Å². The molecule has 1 heterocycles. The molecule has 1 atom stereocenters. The standard InChI is InChI=1S/C11H15N3O4S2/c1-6-13-7(4-20-6)3-19-5-10(16)14-8(11(17)18)2-9(12)15/h4,8H,2-3,5H2,1H3,(H2,12,15)(H,14,16)(H,17,18)/t8-/m1/s1. The maximum atomic E-state index is 11.6. The van der Waals surface area contributed by atoms with E-state index >= 15 is 0 Å². The second-order valence-corrected chi connectivity index (χ2v) is 6.03. The van der Waals surface area contributed by atoms with Gasteiger partial charge in [-0.2, -0.15) is 0 Å². The quantitative estimate of drug-likeness (QED) is 0.626. The number of primary amides is 1. The minimum absolute atomic E-state index is 0.0963. The molecule has 0 spiro atoms. The molecule has 1 aromatic rings. The van der Waals surface area contributed by atoms with Crippen molar-refractivity contribution < 1.29 is 19.5 Å². The molecule has 0 unspecified atom stereocenters. The third-order valence-corrected chi connectivity index (χ3v) is 3.98. The topological polar surface area (TPSA) is 122 Å². The summed E-state index contributed by atoms with van der Waals surface area (Å²) in [5.41, 5.74) is 5.81. The van der Waals surface area contributed by atoms with Crippen molar-refractivity contribution >= 4 is 40.9 Å². The highest BCUT2D eigenvalue weighted by Gasteiger charge is 2.21. The van der Waals surface area contributed by atoms with Gasteiger partial charge in [-0.1, -0.05) is 0 Å². The first-order valence-electron chi connectivity index (χ1n) is 5.67. The summed E-state index contributed by atoms with van der Waals surface area (Å²) >= 11 is 2.85. The van der Waals surface area contributed by atoms with Crippen molar-refractivity contribution in [3.8, 4) is 0 Å². The number of carboxylic acids is 1. The third-order valence-electron chi connectivity index (χ3n) is 2.19. The van der Waals surface area contributed by atoms with Crippen molar-refractivity contribution in [3.05, 3.63) is 16.1 Å². The van der Waals surface area contributed by atoms with Gasteiger partial charge in [0.2, 0.25) is 11.8 Å². The number of nitrogens with zero attached hydrogens (tertiary/aromatic N) is 1. The summed E-state index contributed by atoms with van der Waals surface area (Å²) in [6.07, 6.45) is -0.420. The Balaban J connectivity index is 2.34. The highest BCUT2D eigenvalue weighted by atomic mass is 32.2. The van der Waals surface area contributed by atoms with Crippen molar-refractivity contribution in [3.63, 3.8) is 0 Å². The number of carbonyl (C=O) groups is 3. The molecule has 7 nitrogen and oxygen atoms in total. The molecule has 0 bridgehead atoms. The Kier molecular flexibility index (Phi) is 6.46. The van der Waals surface area contributed by atoms with Gasteiger partial charge >= 0.3 is 5.97 Å². The van der Waals surface area contributed by atoms with Gasteiger partial charge in [0.25, 0.3) is 0 Å². The first kappa shape index (κ1) is 16.4. The van der Waals surface area contributed by atoms with Gasteiger partial charge in [-0.15, -0.1) is 23.1 Å². The van der Waals surface area contributed by atoms with Crippen LogP contribution in [0.25, 0.3) is 0 Å². The molecule has 20 heavy (non-hydrogen) atoms. The van der Waals surface area contributed by atoms with Crippen LogP contribution in [0, 0.1) is 6.92 Å². The molecule has 0 aliphatic carbocycles. The van der Waals surface area contributed by atoms with Gasteiger partial charge < -0.3 is 16.2 Å². The van der Waals surface area contributed by atoms with Crippen molar-refractivity contribution in [2.75, 3.05) is 5.75 Å². The molecule has 0 saturated carbocycles. The van der Waals surface area contributed by atoms with E-state index in [9.17, 15) is 14.4 Å². The van der Waals surface area contributed by atoms with Crippen LogP contribution in [0.1, 0.15) is 17.1 Å². The fraction of sp³-hybridized carbons (Fsp3) is 0.455. The largest absolute Gasteiger partial charge is 0.480 e. The van der Waals surface area contributed by atoms with Crippen LogP contribution >= 0.6 is 23.1 Å². The van der Waals surface area contributed by atoms with E-state index in [2.05, 4.69) is 10.3 Å². The molecule has 4 N–H and O–H groups in total. The monoisotopic (exact) mass is 317 g/mol. The van der Waals surface area contributed by atoms with Gasteiger partial charge in [0.1, 0.15) is 6.04 Å². The number of thioether (sulfide) groups is 1. The van der Waals surface area contributed by atoms with Crippen LogP contribution in [-0.4, -0.2) is 39.7 Å². The number of aryl methyl sites for hydroxylation is 1. The molecular formula is C11H15N3O4S2. The first-order valence-corrected chi connectivity index (χ1v) is 7.71. The van der Waals surface area contributed by atoms with Crippen LogP contribution in [0.2, 0.25) is 0 Å². The Bertz CT molecular complexity index is 504. The van der Waals surface area contributed by atoms with Gasteiger partial charge in [0.15, 0.2) is 0 Å². The molecule has 0 aliphatic rings. The van der Waals surface area contributed by atoms with Crippen molar-refractivity contribution in [1.82, 2.24) is 10.3 Å². The molecule has 110 valence electrons. The van der Waals surface area contributed by atoms with E-state index in [-0.39, 0.29) is 5.75 Å². The minimum Gasteiger partial charge on any atom is -0.480 e. The van der Waals surface area contributed by atoms with Crippen molar-refractivity contribution in [2.24, 2.45) is 5.73 Å². The van der Waals surface area contributed by atoms with E-state index in [1.54, 1.807) is 0 Å². The van der Waals surface area contributed by atoms with Crippen molar-refractivity contribution in [1.29, 1.82) is 0 Å². The van der Waals surface area contributed by atoms with Crippen molar-refractivity contribution in [2.45, 2.75) is 25.1 Å². The molecule has 0 aliphatic heterocycles. The van der Waals surface area contributed by atoms with Crippen LogP contribution in [0.5, 0.6) is 0 Å². The summed E-state index contributed by atoms with van der Waals surface area (Å²) in [5, 5.41) is 14.0. The number of nitrogens with two attached hydrogens (primary N) is 1. The number of amides is 2. The van der Waals surface area contributed by atoms with Crippen LogP contribution in [0.4, 0.5) is 0 Å². The number of carboxylic acid groups (broad SMARTS) is 1. The Morgan fingerprint density at radius 3 is 2.75 bits per heavy atom. The summed E-state index contributed by atoms with van der Waals surface area (Å²) in [6.45, 7) is 1.90. The number of hydrogen-bond donors (Lipinski definition) is 3. The average molecular weight is 317 g/mol. The number of nitrogens with one attached hydrogen (secondary N) is 1. The molecular weight excluding hydrogens is 302 g/mol. The predicted octanol–water partition coefficient (Wildman–Crippen LogP) is 0.130. The van der Waals surface area contributed by atoms with E-state index in [0.717, 1.165) is 10.7 Å². The second kappa shape index (κ2) is 7.85. The number of thiazole rings is 1. The smallest absolute Gasteiger partial charge is 0.326 e. The molecule has 0 radical (unpaired) electrons. The highest BCUT2D eigenvalue weighted by Crippen LogP contribution is 2.14. The maximum Gasteiger partial charge on any atom is 0.326 e. The lowest BCUT2D eigenvalue weighted by Crippen LogP contribution is -2.44. The highest BCUT2D eigenvalue weighted by molar-refractivity contribution is 7.99. The molecule has 1 aromatic heterocycles. The number of aromatic nitrogens is 1. The second-order valence-electron chi connectivity index (χ2n) is 3.98. The van der Waals surface area contributed by atoms with Gasteiger partial charge in [-0.3, -0.25) is 9.59 Å². The summed E-state index contributed by atoms with van der Waals surface area (Å²) in [4.78, 5) is 37.3. The molecule has 0 aromatic carbocycles. The Morgan fingerprint density at radius 1 is 1.55 bits per heavy atom. The normalized spacial score (nSPS) is 11.8. The van der Waals surface area contributed by atoms with E-state index < -0.39 is 30.2 Å². The van der Waals surface area contributed by atoms with Gasteiger partial charge in [0, 0.05) is 11.1 Å². The van der Waals surface area contributed by atoms with Crippen LogP contribution in [0.15, 0.2) is 5.38 Å². The van der Waals surface area contributed by atoms with E-state index in [1.807, 2.05) is 12.3 Å². The summed E-state index contributed by atoms with van der Waals surface area (Å²) in [6, 6.07) is -1.28. The number of rotatable bonds is 8. The van der Waals surface area contributed by atoms with Crippen LogP contribution in [-0.2, 0) is 20.1 Å². The average Bonchev–Trinajstić information content (AvgIpc) is 2.73. The van der Waals surface area contributed by atoms with Crippen LogP contribution < -0.4 is 11.1 Å². The zero-order valence-corrected chi connectivity index (χ0v) is 12.4. The third kappa shape index (κ3) is 6.02. The Labute approximate surface area is 124 Å². The lowest BCUT2D eigenvalue weighted by Gasteiger charge is -2.12. The molecule has 0 saturated heterocycles. The fourth-order valence-electron chi connectivity index (χ4n) is 1.36.